The lowest BCUT2D eigenvalue weighted by atomic mass is 9.94. The number of phenols is 1. The number of amides is 1. The number of carbonyl (C=O) groups is 1. The molecule has 0 saturated carbocycles. The Hall–Kier alpha value is -3.07. The van der Waals surface area contributed by atoms with E-state index in [1.165, 1.54) is 6.92 Å². The molecule has 9 heteroatoms. The lowest BCUT2D eigenvalue weighted by Crippen LogP contribution is -2.55. The van der Waals surface area contributed by atoms with E-state index in [1.54, 1.807) is 23.6 Å². The maximum Gasteiger partial charge on any atom is 0.287 e. The van der Waals surface area contributed by atoms with Crippen LogP contribution in [0.25, 0.3) is 17.0 Å². The number of benzene rings is 1. The number of hydrogen-bond acceptors (Lipinski definition) is 5. The molecule has 2 aromatic rings. The average Bonchev–Trinajstić information content (AvgIpc) is 3.03. The average molecular weight is 432 g/mol. The van der Waals surface area contributed by atoms with Gasteiger partial charge in [0.05, 0.1) is 41.6 Å². The number of hydrogen-bond donors (Lipinski definition) is 4. The highest BCUT2D eigenvalue weighted by Gasteiger charge is 2.41. The Morgan fingerprint density at radius 1 is 1.39 bits per heavy atom. The summed E-state index contributed by atoms with van der Waals surface area (Å²) in [5.41, 5.74) is 14.2. The summed E-state index contributed by atoms with van der Waals surface area (Å²) in [4.78, 5) is 12.5. The molecule has 7 nitrogen and oxygen atoms in total. The van der Waals surface area contributed by atoms with E-state index >= 15 is 8.78 Å². The summed E-state index contributed by atoms with van der Waals surface area (Å²) in [6.07, 6.45) is 0.0133. The van der Waals surface area contributed by atoms with Crippen LogP contribution in [0.5, 0.6) is 5.75 Å². The first-order valence-electron chi connectivity index (χ1n) is 10.2. The van der Waals surface area contributed by atoms with Crippen LogP contribution in [0.4, 0.5) is 14.6 Å². The first-order chi connectivity index (χ1) is 14.6. The second-order valence-corrected chi connectivity index (χ2v) is 8.04. The number of fused-ring (bicyclic) bond motifs is 2. The van der Waals surface area contributed by atoms with Crippen molar-refractivity contribution in [1.29, 1.82) is 0 Å². The van der Waals surface area contributed by atoms with Crippen molar-refractivity contribution >= 4 is 23.0 Å². The van der Waals surface area contributed by atoms with Crippen LogP contribution < -0.4 is 27.4 Å². The van der Waals surface area contributed by atoms with Crippen molar-refractivity contribution in [2.75, 3.05) is 18.9 Å². The molecule has 0 bridgehead atoms. The first kappa shape index (κ1) is 21.2. The van der Waals surface area contributed by atoms with Gasteiger partial charge >= 0.3 is 0 Å². The molecular weight excluding hydrogens is 406 g/mol. The van der Waals surface area contributed by atoms with E-state index in [0.717, 1.165) is 11.1 Å². The molecule has 0 radical (unpaired) electrons. The SMILES string of the molecule is CCC(F)(F)C1=c2c(C(N)=O)c(N)n(-c3c(C)ccc(O)c3C)c2=C2CCOCC2N1. The van der Waals surface area contributed by atoms with Crippen LogP contribution in [0.15, 0.2) is 12.1 Å². The van der Waals surface area contributed by atoms with E-state index in [2.05, 4.69) is 5.32 Å². The van der Waals surface area contributed by atoms with Crippen LogP contribution in [0.3, 0.4) is 0 Å². The van der Waals surface area contributed by atoms with Gasteiger partial charge in [-0.05, 0) is 37.5 Å². The van der Waals surface area contributed by atoms with Crippen molar-refractivity contribution in [3.63, 3.8) is 0 Å². The molecule has 1 unspecified atom stereocenters. The predicted molar refractivity (Wildman–Crippen MR) is 114 cm³/mol. The zero-order valence-electron chi connectivity index (χ0n) is 17.7. The number of aromatic nitrogens is 1. The van der Waals surface area contributed by atoms with Crippen LogP contribution in [0, 0.1) is 13.8 Å². The molecule has 1 amide bonds. The van der Waals surface area contributed by atoms with E-state index in [9.17, 15) is 9.90 Å². The third-order valence-corrected chi connectivity index (χ3v) is 6.19. The molecule has 0 aliphatic carbocycles. The number of nitrogens with zero attached hydrogens (tertiary/aromatic N) is 1. The second kappa shape index (κ2) is 7.26. The van der Waals surface area contributed by atoms with Crippen molar-refractivity contribution in [2.24, 2.45) is 5.73 Å². The Labute approximate surface area is 178 Å². The lowest BCUT2D eigenvalue weighted by Gasteiger charge is -2.34. The number of phenolic OH excluding ortho intramolecular Hbond substituents is 1. The Morgan fingerprint density at radius 2 is 2.10 bits per heavy atom. The fourth-order valence-corrected chi connectivity index (χ4v) is 4.57. The zero-order valence-corrected chi connectivity index (χ0v) is 17.7. The van der Waals surface area contributed by atoms with Crippen LogP contribution in [-0.2, 0) is 4.74 Å². The number of rotatable bonds is 4. The summed E-state index contributed by atoms with van der Waals surface area (Å²) in [7, 11) is 0. The fraction of sp³-hybridized carbons (Fsp3) is 0.409. The third kappa shape index (κ3) is 3.06. The summed E-state index contributed by atoms with van der Waals surface area (Å²) in [6, 6.07) is 2.79. The number of nitrogen functional groups attached to an aromatic ring is 1. The Morgan fingerprint density at radius 3 is 2.74 bits per heavy atom. The van der Waals surface area contributed by atoms with Gasteiger partial charge in [-0.1, -0.05) is 13.0 Å². The van der Waals surface area contributed by atoms with Gasteiger partial charge < -0.3 is 26.6 Å². The van der Waals surface area contributed by atoms with Gasteiger partial charge in [-0.2, -0.15) is 8.78 Å². The van der Waals surface area contributed by atoms with Crippen molar-refractivity contribution < 1.29 is 23.4 Å². The minimum absolute atomic E-state index is 0.0276. The highest BCUT2D eigenvalue weighted by molar-refractivity contribution is 5.99. The fourth-order valence-electron chi connectivity index (χ4n) is 4.57. The molecular formula is C22H26F2N4O3. The largest absolute Gasteiger partial charge is 0.508 e. The number of ether oxygens (including phenoxy) is 1. The van der Waals surface area contributed by atoms with E-state index in [1.807, 2.05) is 6.92 Å². The van der Waals surface area contributed by atoms with E-state index < -0.39 is 24.3 Å². The van der Waals surface area contributed by atoms with Crippen LogP contribution in [0.2, 0.25) is 0 Å². The van der Waals surface area contributed by atoms with Gasteiger partial charge in [-0.15, -0.1) is 0 Å². The van der Waals surface area contributed by atoms with E-state index in [4.69, 9.17) is 16.2 Å². The molecule has 3 heterocycles. The molecule has 1 saturated heterocycles. The van der Waals surface area contributed by atoms with Crippen molar-refractivity contribution in [1.82, 2.24) is 9.88 Å². The monoisotopic (exact) mass is 432 g/mol. The van der Waals surface area contributed by atoms with Gasteiger partial charge in [-0.3, -0.25) is 9.36 Å². The standard InChI is InChI=1S/C22H26F2N4O3/c1-4-22(23,24)19-15-16(21(26)30)20(25)28(17-10(2)5-6-14(29)11(17)3)18(15)12-7-8-31-9-13(12)27-19/h5-6,13,27,29H,4,7-9,25H2,1-3H3,(H2,26,30). The van der Waals surface area contributed by atoms with Gasteiger partial charge in [0.15, 0.2) is 0 Å². The molecule has 6 N–H and O–H groups in total. The highest BCUT2D eigenvalue weighted by atomic mass is 19.3. The smallest absolute Gasteiger partial charge is 0.287 e. The van der Waals surface area contributed by atoms with Crippen LogP contribution >= 0.6 is 0 Å². The van der Waals surface area contributed by atoms with Gasteiger partial charge in [0, 0.05) is 17.2 Å². The number of nitrogens with one attached hydrogen (secondary N) is 1. The number of aromatic hydroxyl groups is 1. The molecule has 1 fully saturated rings. The number of nitrogens with two attached hydrogens (primary N) is 2. The van der Waals surface area contributed by atoms with Gasteiger partial charge in [0.1, 0.15) is 11.6 Å². The summed E-state index contributed by atoms with van der Waals surface area (Å²) >= 11 is 0. The van der Waals surface area contributed by atoms with Crippen molar-refractivity contribution in [2.45, 2.75) is 45.6 Å². The molecule has 1 atom stereocenters. The summed E-state index contributed by atoms with van der Waals surface area (Å²) in [6.45, 7) is 5.55. The third-order valence-electron chi connectivity index (χ3n) is 6.19. The molecule has 1 aromatic carbocycles. The first-order valence-corrected chi connectivity index (χ1v) is 10.2. The second-order valence-electron chi connectivity index (χ2n) is 8.04. The summed E-state index contributed by atoms with van der Waals surface area (Å²) < 4.78 is 37.3. The van der Waals surface area contributed by atoms with Gasteiger partial charge in [0.25, 0.3) is 11.8 Å². The molecule has 31 heavy (non-hydrogen) atoms. The molecule has 2 aliphatic rings. The molecule has 0 spiro atoms. The quantitative estimate of drug-likeness (QED) is 0.579. The van der Waals surface area contributed by atoms with Gasteiger partial charge in [0.2, 0.25) is 0 Å². The van der Waals surface area contributed by atoms with Crippen LogP contribution in [0.1, 0.15) is 41.3 Å². The number of primary amides is 1. The minimum Gasteiger partial charge on any atom is -0.508 e. The van der Waals surface area contributed by atoms with E-state index in [-0.39, 0.29) is 34.7 Å². The predicted octanol–water partition coefficient (Wildman–Crippen LogP) is 1.18. The maximum atomic E-state index is 15.1. The summed E-state index contributed by atoms with van der Waals surface area (Å²) in [5, 5.41) is 13.7. The number of anilines is 1. The molecule has 1 aromatic heterocycles. The lowest BCUT2D eigenvalue weighted by molar-refractivity contribution is 0.0503. The number of alkyl halides is 2. The molecule has 2 aliphatic heterocycles. The van der Waals surface area contributed by atoms with Crippen molar-refractivity contribution in [3.8, 4) is 11.4 Å². The van der Waals surface area contributed by atoms with Crippen molar-refractivity contribution in [3.05, 3.63) is 39.4 Å². The number of aryl methyl sites for hydroxylation is 1. The van der Waals surface area contributed by atoms with Gasteiger partial charge in [-0.25, -0.2) is 0 Å². The topological polar surface area (TPSA) is 116 Å². The maximum absolute atomic E-state index is 15.1. The Bertz CT molecular complexity index is 1220. The highest BCUT2D eigenvalue weighted by Crippen LogP contribution is 2.33. The minimum atomic E-state index is -3.23. The number of halogens is 2. The molecule has 4 rings (SSSR count). The number of carbonyl (C=O) groups excluding carboxylic acids is 1. The Balaban J connectivity index is 2.30. The normalized spacial score (nSPS) is 18.4. The zero-order chi connectivity index (χ0) is 22.7. The Kier molecular flexibility index (Phi) is 4.96. The summed E-state index contributed by atoms with van der Waals surface area (Å²) in [5.74, 6) is -4.11. The molecule has 166 valence electrons. The van der Waals surface area contributed by atoms with Crippen LogP contribution in [-0.4, -0.2) is 40.8 Å². The van der Waals surface area contributed by atoms with E-state index in [0.29, 0.717) is 29.6 Å².